The van der Waals surface area contributed by atoms with Crippen molar-refractivity contribution >= 4 is 35.1 Å². The molecule has 1 atom stereocenters. The zero-order chi connectivity index (χ0) is 15.1. The normalized spacial score (nSPS) is 11.8. The van der Waals surface area contributed by atoms with Gasteiger partial charge in [-0.05, 0) is 31.5 Å². The van der Waals surface area contributed by atoms with Crippen LogP contribution >= 0.6 is 23.2 Å². The van der Waals surface area contributed by atoms with Crippen molar-refractivity contribution in [2.75, 3.05) is 6.61 Å². The lowest BCUT2D eigenvalue weighted by Gasteiger charge is -2.12. The summed E-state index contributed by atoms with van der Waals surface area (Å²) >= 11 is 11.6. The summed E-state index contributed by atoms with van der Waals surface area (Å²) in [5, 5.41) is 0.592. The van der Waals surface area contributed by atoms with Crippen molar-refractivity contribution in [2.45, 2.75) is 32.8 Å². The number of hydrogen-bond acceptors (Lipinski definition) is 4. The third-order valence-electron chi connectivity index (χ3n) is 2.51. The Labute approximate surface area is 128 Å². The van der Waals surface area contributed by atoms with Crippen molar-refractivity contribution in [3.05, 3.63) is 33.8 Å². The fourth-order valence-corrected chi connectivity index (χ4v) is 1.63. The maximum Gasteiger partial charge on any atom is 0.347 e. The Balaban J connectivity index is 2.56. The maximum atomic E-state index is 11.8. The molecule has 6 heteroatoms. The molecule has 0 aliphatic heterocycles. The lowest BCUT2D eigenvalue weighted by Crippen LogP contribution is -2.26. The van der Waals surface area contributed by atoms with Crippen LogP contribution in [0, 0.1) is 0 Å². The molecule has 1 aromatic carbocycles. The summed E-state index contributed by atoms with van der Waals surface area (Å²) in [4.78, 5) is 23.4. The van der Waals surface area contributed by atoms with Crippen LogP contribution in [0.1, 0.15) is 37.0 Å². The van der Waals surface area contributed by atoms with Gasteiger partial charge in [-0.15, -0.1) is 0 Å². The molecule has 0 bridgehead atoms. The van der Waals surface area contributed by atoms with Crippen LogP contribution in [0.4, 0.5) is 0 Å². The molecule has 0 fully saturated rings. The van der Waals surface area contributed by atoms with Gasteiger partial charge in [0.15, 0.2) is 6.10 Å². The number of halogens is 2. The maximum absolute atomic E-state index is 11.8. The fraction of sp³-hybridized carbons (Fsp3) is 0.429. The first-order valence-corrected chi connectivity index (χ1v) is 7.04. The van der Waals surface area contributed by atoms with E-state index in [1.165, 1.54) is 25.1 Å². The van der Waals surface area contributed by atoms with Crippen LogP contribution in [0.25, 0.3) is 0 Å². The lowest BCUT2D eigenvalue weighted by molar-refractivity contribution is -0.153. The number of ether oxygens (including phenoxy) is 2. The number of benzene rings is 1. The quantitative estimate of drug-likeness (QED) is 0.590. The van der Waals surface area contributed by atoms with E-state index in [9.17, 15) is 9.59 Å². The summed E-state index contributed by atoms with van der Waals surface area (Å²) < 4.78 is 9.97. The molecule has 0 radical (unpaired) electrons. The topological polar surface area (TPSA) is 52.6 Å². The van der Waals surface area contributed by atoms with E-state index in [1.54, 1.807) is 0 Å². The molecule has 0 aromatic heterocycles. The highest BCUT2D eigenvalue weighted by Gasteiger charge is 2.20. The Morgan fingerprint density at radius 2 is 1.95 bits per heavy atom. The smallest absolute Gasteiger partial charge is 0.347 e. The second-order valence-electron chi connectivity index (χ2n) is 4.20. The number of carbonyl (C=O) groups is 2. The van der Waals surface area contributed by atoms with Crippen LogP contribution < -0.4 is 0 Å². The van der Waals surface area contributed by atoms with Gasteiger partial charge in [-0.1, -0.05) is 36.5 Å². The summed E-state index contributed by atoms with van der Waals surface area (Å²) in [6, 6.07) is 4.36. The van der Waals surface area contributed by atoms with Crippen LogP contribution in [-0.2, 0) is 14.3 Å². The number of hydrogen-bond donors (Lipinski definition) is 0. The van der Waals surface area contributed by atoms with E-state index in [1.807, 2.05) is 6.92 Å². The Morgan fingerprint density at radius 1 is 1.25 bits per heavy atom. The lowest BCUT2D eigenvalue weighted by atomic mass is 10.2. The number of carbonyl (C=O) groups excluding carboxylic acids is 2. The Kier molecular flexibility index (Phi) is 6.82. The number of unbranched alkanes of at least 4 members (excludes halogenated alkanes) is 1. The van der Waals surface area contributed by atoms with Gasteiger partial charge in [-0.2, -0.15) is 0 Å². The van der Waals surface area contributed by atoms with Gasteiger partial charge in [-0.25, -0.2) is 9.59 Å². The SMILES string of the molecule is CCCCOC(=O)C(C)OC(=O)c1ccc(Cl)c(Cl)c1. The van der Waals surface area contributed by atoms with Crippen LogP contribution in [0.5, 0.6) is 0 Å². The molecule has 4 nitrogen and oxygen atoms in total. The first kappa shape index (κ1) is 16.8. The van der Waals surface area contributed by atoms with Crippen molar-refractivity contribution in [1.29, 1.82) is 0 Å². The first-order chi connectivity index (χ1) is 9.45. The molecule has 0 aliphatic rings. The standard InChI is InChI=1S/C14H16Cl2O4/c1-3-4-7-19-13(17)9(2)20-14(18)10-5-6-11(15)12(16)8-10/h5-6,8-9H,3-4,7H2,1-2H3. The van der Waals surface area contributed by atoms with Gasteiger partial charge in [0, 0.05) is 0 Å². The second kappa shape index (κ2) is 8.12. The van der Waals surface area contributed by atoms with Crippen molar-refractivity contribution in [1.82, 2.24) is 0 Å². The van der Waals surface area contributed by atoms with Gasteiger partial charge in [-0.3, -0.25) is 0 Å². The van der Waals surface area contributed by atoms with Gasteiger partial charge in [0.1, 0.15) is 0 Å². The Hall–Kier alpha value is -1.26. The van der Waals surface area contributed by atoms with Crippen molar-refractivity contribution < 1.29 is 19.1 Å². The van der Waals surface area contributed by atoms with Crippen LogP contribution in [0.15, 0.2) is 18.2 Å². The highest BCUT2D eigenvalue weighted by molar-refractivity contribution is 6.42. The van der Waals surface area contributed by atoms with Crippen molar-refractivity contribution in [3.8, 4) is 0 Å². The molecule has 0 heterocycles. The van der Waals surface area contributed by atoms with E-state index >= 15 is 0 Å². The van der Waals surface area contributed by atoms with E-state index in [-0.39, 0.29) is 10.6 Å². The van der Waals surface area contributed by atoms with E-state index in [4.69, 9.17) is 32.7 Å². The van der Waals surface area contributed by atoms with Gasteiger partial charge in [0.05, 0.1) is 22.2 Å². The van der Waals surface area contributed by atoms with Crippen LogP contribution in [0.3, 0.4) is 0 Å². The molecule has 0 N–H and O–H groups in total. The van der Waals surface area contributed by atoms with E-state index in [2.05, 4.69) is 0 Å². The highest BCUT2D eigenvalue weighted by Crippen LogP contribution is 2.23. The Morgan fingerprint density at radius 3 is 2.55 bits per heavy atom. The largest absolute Gasteiger partial charge is 0.463 e. The summed E-state index contributed by atoms with van der Waals surface area (Å²) in [5.74, 6) is -1.21. The minimum absolute atomic E-state index is 0.229. The van der Waals surface area contributed by atoms with Crippen molar-refractivity contribution in [2.24, 2.45) is 0 Å². The van der Waals surface area contributed by atoms with Gasteiger partial charge in [0.25, 0.3) is 0 Å². The zero-order valence-corrected chi connectivity index (χ0v) is 12.8. The van der Waals surface area contributed by atoms with Gasteiger partial charge < -0.3 is 9.47 Å². The predicted molar refractivity (Wildman–Crippen MR) is 77.2 cm³/mol. The fourth-order valence-electron chi connectivity index (χ4n) is 1.33. The summed E-state index contributed by atoms with van der Waals surface area (Å²) in [6.07, 6.45) is 0.734. The molecule has 0 amide bonds. The zero-order valence-electron chi connectivity index (χ0n) is 11.3. The predicted octanol–water partition coefficient (Wildman–Crippen LogP) is 3.88. The molecule has 110 valence electrons. The first-order valence-electron chi connectivity index (χ1n) is 6.28. The monoisotopic (exact) mass is 318 g/mol. The molecule has 0 saturated heterocycles. The third kappa shape index (κ3) is 5.02. The molecule has 0 saturated carbocycles. The second-order valence-corrected chi connectivity index (χ2v) is 5.01. The number of rotatable bonds is 6. The van der Waals surface area contributed by atoms with E-state index in [0.29, 0.717) is 11.6 Å². The van der Waals surface area contributed by atoms with Crippen molar-refractivity contribution in [3.63, 3.8) is 0 Å². The molecular weight excluding hydrogens is 303 g/mol. The summed E-state index contributed by atoms with van der Waals surface area (Å²) in [6.45, 7) is 3.77. The molecular formula is C14H16Cl2O4. The Bertz CT molecular complexity index is 488. The minimum Gasteiger partial charge on any atom is -0.463 e. The van der Waals surface area contributed by atoms with Crippen LogP contribution in [0.2, 0.25) is 10.0 Å². The summed E-state index contributed by atoms with van der Waals surface area (Å²) in [5.41, 5.74) is 0.229. The van der Waals surface area contributed by atoms with Crippen LogP contribution in [-0.4, -0.2) is 24.6 Å². The number of esters is 2. The van der Waals surface area contributed by atoms with E-state index < -0.39 is 18.0 Å². The molecule has 0 aliphatic carbocycles. The van der Waals surface area contributed by atoms with Gasteiger partial charge >= 0.3 is 11.9 Å². The third-order valence-corrected chi connectivity index (χ3v) is 3.25. The van der Waals surface area contributed by atoms with E-state index in [0.717, 1.165) is 12.8 Å². The minimum atomic E-state index is -0.964. The summed E-state index contributed by atoms with van der Waals surface area (Å²) in [7, 11) is 0. The highest BCUT2D eigenvalue weighted by atomic mass is 35.5. The molecule has 20 heavy (non-hydrogen) atoms. The average Bonchev–Trinajstić information content (AvgIpc) is 2.41. The molecule has 1 unspecified atom stereocenters. The molecule has 0 spiro atoms. The van der Waals surface area contributed by atoms with Gasteiger partial charge in [0.2, 0.25) is 0 Å². The average molecular weight is 319 g/mol. The molecule has 1 rings (SSSR count). The molecule has 1 aromatic rings.